The third-order valence-corrected chi connectivity index (χ3v) is 3.27. The van der Waals surface area contributed by atoms with Crippen LogP contribution in [0.5, 0.6) is 0 Å². The number of hydrogen-bond donors (Lipinski definition) is 3. The Hall–Kier alpha value is -1.93. The van der Waals surface area contributed by atoms with Gasteiger partial charge in [0.05, 0.1) is 25.0 Å². The van der Waals surface area contributed by atoms with E-state index in [0.717, 1.165) is 12.5 Å². The number of hydrogen-bond acceptors (Lipinski definition) is 5. The highest BCUT2D eigenvalue weighted by Gasteiger charge is 2.20. The molecule has 122 valence electrons. The van der Waals surface area contributed by atoms with E-state index in [0.29, 0.717) is 25.4 Å². The zero-order valence-corrected chi connectivity index (χ0v) is 12.8. The van der Waals surface area contributed by atoms with E-state index >= 15 is 0 Å². The van der Waals surface area contributed by atoms with Crippen molar-refractivity contribution in [3.05, 3.63) is 12.4 Å². The molecule has 0 bridgehead atoms. The van der Waals surface area contributed by atoms with Crippen molar-refractivity contribution in [3.8, 4) is 0 Å². The molecule has 1 aliphatic carbocycles. The van der Waals surface area contributed by atoms with E-state index in [2.05, 4.69) is 21.0 Å². The van der Waals surface area contributed by atoms with Crippen molar-refractivity contribution in [2.24, 2.45) is 5.92 Å². The summed E-state index contributed by atoms with van der Waals surface area (Å²) in [7, 11) is 1.58. The second kappa shape index (κ2) is 8.50. The predicted octanol–water partition coefficient (Wildman–Crippen LogP) is -0.416. The van der Waals surface area contributed by atoms with Crippen LogP contribution in [0.4, 0.5) is 5.69 Å². The number of carbonyl (C=O) groups excluding carboxylic acids is 2. The Kier molecular flexibility index (Phi) is 6.35. The highest BCUT2D eigenvalue weighted by atomic mass is 16.5. The molecule has 3 N–H and O–H groups in total. The van der Waals surface area contributed by atoms with Gasteiger partial charge in [0.1, 0.15) is 6.54 Å². The van der Waals surface area contributed by atoms with Crippen LogP contribution in [0.15, 0.2) is 12.4 Å². The molecule has 2 amide bonds. The van der Waals surface area contributed by atoms with E-state index in [1.54, 1.807) is 13.3 Å². The highest BCUT2D eigenvalue weighted by molar-refractivity contribution is 5.92. The molecular weight excluding hydrogens is 286 g/mol. The number of carbonyl (C=O) groups is 2. The van der Waals surface area contributed by atoms with Gasteiger partial charge >= 0.3 is 0 Å². The molecular formula is C14H23N5O3. The Morgan fingerprint density at radius 1 is 1.41 bits per heavy atom. The van der Waals surface area contributed by atoms with E-state index in [-0.39, 0.29) is 18.4 Å². The molecule has 0 atom stereocenters. The quantitative estimate of drug-likeness (QED) is 0.510. The maximum absolute atomic E-state index is 11.7. The minimum Gasteiger partial charge on any atom is -0.383 e. The maximum Gasteiger partial charge on any atom is 0.241 e. The summed E-state index contributed by atoms with van der Waals surface area (Å²) < 4.78 is 6.33. The summed E-state index contributed by atoms with van der Waals surface area (Å²) in [5, 5.41) is 12.6. The van der Waals surface area contributed by atoms with Gasteiger partial charge in [-0.05, 0) is 25.3 Å². The number of aromatic nitrogens is 2. The Balaban J connectivity index is 1.66. The van der Waals surface area contributed by atoms with Crippen LogP contribution in [0.1, 0.15) is 12.8 Å². The van der Waals surface area contributed by atoms with Crippen molar-refractivity contribution in [1.29, 1.82) is 0 Å². The van der Waals surface area contributed by atoms with Crippen molar-refractivity contribution in [2.45, 2.75) is 19.4 Å². The highest BCUT2D eigenvalue weighted by Crippen LogP contribution is 2.27. The van der Waals surface area contributed by atoms with Gasteiger partial charge < -0.3 is 20.7 Å². The van der Waals surface area contributed by atoms with Gasteiger partial charge in [0.25, 0.3) is 0 Å². The van der Waals surface area contributed by atoms with E-state index in [4.69, 9.17) is 4.74 Å². The molecule has 0 spiro atoms. The molecule has 8 nitrogen and oxygen atoms in total. The van der Waals surface area contributed by atoms with Crippen LogP contribution in [-0.2, 0) is 20.9 Å². The topological polar surface area (TPSA) is 97.3 Å². The van der Waals surface area contributed by atoms with Crippen LogP contribution in [-0.4, -0.2) is 54.9 Å². The monoisotopic (exact) mass is 309 g/mol. The summed E-state index contributed by atoms with van der Waals surface area (Å²) >= 11 is 0. The van der Waals surface area contributed by atoms with Gasteiger partial charge in [-0.15, -0.1) is 0 Å². The number of amides is 2. The van der Waals surface area contributed by atoms with Gasteiger partial charge in [-0.2, -0.15) is 5.10 Å². The largest absolute Gasteiger partial charge is 0.383 e. The lowest BCUT2D eigenvalue weighted by Crippen LogP contribution is -2.30. The Morgan fingerprint density at radius 3 is 2.95 bits per heavy atom. The summed E-state index contributed by atoms with van der Waals surface area (Å²) in [6, 6.07) is 0. The molecule has 0 radical (unpaired) electrons. The lowest BCUT2D eigenvalue weighted by molar-refractivity contribution is -0.122. The fourth-order valence-electron chi connectivity index (χ4n) is 1.93. The lowest BCUT2D eigenvalue weighted by atomic mass is 10.4. The first-order valence-corrected chi connectivity index (χ1v) is 7.46. The number of methoxy groups -OCH3 is 1. The minimum atomic E-state index is -0.149. The van der Waals surface area contributed by atoms with Crippen LogP contribution in [0.2, 0.25) is 0 Å². The Bertz CT molecular complexity index is 498. The first kappa shape index (κ1) is 16.4. The Labute approximate surface area is 129 Å². The van der Waals surface area contributed by atoms with Crippen molar-refractivity contribution >= 4 is 17.5 Å². The molecule has 1 fully saturated rings. The van der Waals surface area contributed by atoms with Crippen LogP contribution in [0.25, 0.3) is 0 Å². The molecule has 1 aliphatic rings. The average Bonchev–Trinajstić information content (AvgIpc) is 3.20. The number of anilines is 1. The van der Waals surface area contributed by atoms with Gasteiger partial charge in [0, 0.05) is 19.9 Å². The minimum absolute atomic E-state index is 0.107. The lowest BCUT2D eigenvalue weighted by Gasteiger charge is -2.05. The first-order valence-electron chi connectivity index (χ1n) is 7.46. The summed E-state index contributed by atoms with van der Waals surface area (Å²) in [6.45, 7) is 2.24. The molecule has 1 heterocycles. The molecule has 22 heavy (non-hydrogen) atoms. The summed E-state index contributed by atoms with van der Waals surface area (Å²) in [5.74, 6) is 0.487. The predicted molar refractivity (Wildman–Crippen MR) is 81.3 cm³/mol. The molecule has 0 saturated heterocycles. The first-order chi connectivity index (χ1) is 10.7. The maximum atomic E-state index is 11.7. The molecule has 0 aliphatic heterocycles. The van der Waals surface area contributed by atoms with Crippen molar-refractivity contribution in [2.75, 3.05) is 38.7 Å². The summed E-state index contributed by atoms with van der Waals surface area (Å²) in [6.07, 6.45) is 5.68. The van der Waals surface area contributed by atoms with Gasteiger partial charge in [-0.3, -0.25) is 14.3 Å². The number of rotatable bonds is 10. The number of nitrogens with one attached hydrogen (secondary N) is 3. The molecule has 0 unspecified atom stereocenters. The number of ether oxygens (including phenoxy) is 1. The fourth-order valence-corrected chi connectivity index (χ4v) is 1.93. The van der Waals surface area contributed by atoms with E-state index in [1.165, 1.54) is 23.7 Å². The summed E-state index contributed by atoms with van der Waals surface area (Å²) in [4.78, 5) is 23.3. The van der Waals surface area contributed by atoms with E-state index in [1.807, 2.05) is 0 Å². The van der Waals surface area contributed by atoms with Gasteiger partial charge in [0.2, 0.25) is 11.8 Å². The zero-order chi connectivity index (χ0) is 15.8. The van der Waals surface area contributed by atoms with Gasteiger partial charge in [0.15, 0.2) is 0 Å². The number of nitrogens with zero attached hydrogens (tertiary/aromatic N) is 2. The fraction of sp³-hybridized carbons (Fsp3) is 0.643. The molecule has 1 saturated carbocycles. The molecule has 0 aromatic carbocycles. The van der Waals surface area contributed by atoms with Gasteiger partial charge in [-0.25, -0.2) is 0 Å². The molecule has 1 aromatic heterocycles. The van der Waals surface area contributed by atoms with Crippen LogP contribution >= 0.6 is 0 Å². The average molecular weight is 309 g/mol. The van der Waals surface area contributed by atoms with Gasteiger partial charge in [-0.1, -0.05) is 0 Å². The molecule has 1 aromatic rings. The zero-order valence-electron chi connectivity index (χ0n) is 12.8. The third kappa shape index (κ3) is 6.23. The smallest absolute Gasteiger partial charge is 0.241 e. The molecule has 2 rings (SSSR count). The van der Waals surface area contributed by atoms with E-state index < -0.39 is 0 Å². The van der Waals surface area contributed by atoms with E-state index in [9.17, 15) is 9.59 Å². The van der Waals surface area contributed by atoms with Crippen molar-refractivity contribution in [1.82, 2.24) is 20.4 Å². The van der Waals surface area contributed by atoms with Crippen LogP contribution < -0.4 is 16.0 Å². The van der Waals surface area contributed by atoms with Crippen molar-refractivity contribution in [3.63, 3.8) is 0 Å². The van der Waals surface area contributed by atoms with Crippen LogP contribution in [0, 0.1) is 5.92 Å². The third-order valence-electron chi connectivity index (χ3n) is 3.27. The second-order valence-electron chi connectivity index (χ2n) is 5.39. The summed E-state index contributed by atoms with van der Waals surface area (Å²) in [5.41, 5.74) is 0.586. The molecule has 8 heteroatoms. The van der Waals surface area contributed by atoms with Crippen LogP contribution in [0.3, 0.4) is 0 Å². The SMILES string of the molecule is COCCNC(=O)Cn1cc(NC(=O)CNCC2CC2)cn1. The van der Waals surface area contributed by atoms with Crippen molar-refractivity contribution < 1.29 is 14.3 Å². The Morgan fingerprint density at radius 2 is 2.23 bits per heavy atom. The normalized spacial score (nSPS) is 13.9. The standard InChI is InChI=1S/C14H23N5O3/c1-22-5-4-16-14(21)10-19-9-12(7-17-19)18-13(20)8-15-6-11-2-3-11/h7,9,11,15H,2-6,8,10H2,1H3,(H,16,21)(H,18,20). The second-order valence-corrected chi connectivity index (χ2v) is 5.39.